The SMILES string of the molecule is CN1C[C@@H]2CN(c3ncc(Cl)cc3S(N)(=O)=O)C[C@@H]2C1. The van der Waals surface area contributed by atoms with Crippen molar-refractivity contribution in [1.29, 1.82) is 0 Å². The topological polar surface area (TPSA) is 79.5 Å². The van der Waals surface area contributed by atoms with Crippen LogP contribution in [0.4, 0.5) is 5.82 Å². The first-order valence-electron chi connectivity index (χ1n) is 6.46. The number of rotatable bonds is 2. The van der Waals surface area contributed by atoms with Crippen molar-refractivity contribution >= 4 is 27.4 Å². The highest BCUT2D eigenvalue weighted by Crippen LogP contribution is 2.35. The number of halogens is 1. The average Bonchev–Trinajstić information content (AvgIpc) is 2.84. The monoisotopic (exact) mass is 316 g/mol. The van der Waals surface area contributed by atoms with Gasteiger partial charge in [0.2, 0.25) is 10.0 Å². The predicted octanol–water partition coefficient (Wildman–Crippen LogP) is 0.380. The number of hydrogen-bond donors (Lipinski definition) is 1. The Hall–Kier alpha value is -0.890. The Morgan fingerprint density at radius 2 is 1.90 bits per heavy atom. The fraction of sp³-hybridized carbons (Fsp3) is 0.583. The van der Waals surface area contributed by atoms with Gasteiger partial charge in [-0.15, -0.1) is 0 Å². The Morgan fingerprint density at radius 3 is 2.45 bits per heavy atom. The van der Waals surface area contributed by atoms with E-state index in [0.717, 1.165) is 26.2 Å². The molecule has 0 amide bonds. The zero-order valence-corrected chi connectivity index (χ0v) is 12.7. The maximum Gasteiger partial charge on any atom is 0.241 e. The van der Waals surface area contributed by atoms with Gasteiger partial charge in [-0.1, -0.05) is 11.6 Å². The second-order valence-electron chi connectivity index (χ2n) is 5.67. The third kappa shape index (κ3) is 2.50. The van der Waals surface area contributed by atoms with Crippen LogP contribution in [0, 0.1) is 11.8 Å². The quantitative estimate of drug-likeness (QED) is 0.853. The normalized spacial score (nSPS) is 27.1. The summed E-state index contributed by atoms with van der Waals surface area (Å²) in [7, 11) is -1.72. The van der Waals surface area contributed by atoms with Crippen molar-refractivity contribution in [2.75, 3.05) is 38.1 Å². The van der Waals surface area contributed by atoms with Crippen molar-refractivity contribution in [3.8, 4) is 0 Å². The van der Waals surface area contributed by atoms with Crippen molar-refractivity contribution in [1.82, 2.24) is 9.88 Å². The van der Waals surface area contributed by atoms with Crippen LogP contribution < -0.4 is 10.0 Å². The highest BCUT2D eigenvalue weighted by Gasteiger charge is 2.40. The lowest BCUT2D eigenvalue weighted by molar-refractivity contribution is 0.386. The van der Waals surface area contributed by atoms with E-state index in [1.54, 1.807) is 0 Å². The lowest BCUT2D eigenvalue weighted by Crippen LogP contribution is -2.29. The van der Waals surface area contributed by atoms with Crippen LogP contribution in [0.1, 0.15) is 0 Å². The molecule has 20 heavy (non-hydrogen) atoms. The number of likely N-dealkylation sites (tertiary alicyclic amines) is 1. The van der Waals surface area contributed by atoms with Gasteiger partial charge in [0.25, 0.3) is 0 Å². The van der Waals surface area contributed by atoms with E-state index in [4.69, 9.17) is 16.7 Å². The van der Waals surface area contributed by atoms with Gasteiger partial charge in [-0.05, 0) is 24.9 Å². The number of pyridine rings is 1. The zero-order chi connectivity index (χ0) is 14.5. The van der Waals surface area contributed by atoms with Crippen molar-refractivity contribution in [3.63, 3.8) is 0 Å². The van der Waals surface area contributed by atoms with Gasteiger partial charge < -0.3 is 9.80 Å². The van der Waals surface area contributed by atoms with Crippen molar-refractivity contribution in [2.45, 2.75) is 4.90 Å². The molecule has 2 aliphatic rings. The Balaban J connectivity index is 1.93. The molecule has 0 radical (unpaired) electrons. The van der Waals surface area contributed by atoms with E-state index in [9.17, 15) is 8.42 Å². The molecule has 110 valence electrons. The summed E-state index contributed by atoms with van der Waals surface area (Å²) in [4.78, 5) is 8.53. The van der Waals surface area contributed by atoms with Gasteiger partial charge in [-0.25, -0.2) is 18.5 Å². The number of aromatic nitrogens is 1. The molecule has 0 saturated carbocycles. The fourth-order valence-electron chi connectivity index (χ4n) is 3.26. The molecule has 1 aromatic heterocycles. The Bertz CT molecular complexity index is 622. The van der Waals surface area contributed by atoms with E-state index < -0.39 is 10.0 Å². The second kappa shape index (κ2) is 4.84. The summed E-state index contributed by atoms with van der Waals surface area (Å²) in [5, 5.41) is 5.55. The van der Waals surface area contributed by atoms with Crippen LogP contribution >= 0.6 is 11.6 Å². The molecule has 3 heterocycles. The van der Waals surface area contributed by atoms with Crippen LogP contribution in [0.3, 0.4) is 0 Å². The van der Waals surface area contributed by atoms with Gasteiger partial charge >= 0.3 is 0 Å². The van der Waals surface area contributed by atoms with Gasteiger partial charge in [0, 0.05) is 32.4 Å². The van der Waals surface area contributed by atoms with Crippen LogP contribution in [-0.4, -0.2) is 51.5 Å². The first kappa shape index (κ1) is 14.1. The number of nitrogens with zero attached hydrogens (tertiary/aromatic N) is 3. The summed E-state index contributed by atoms with van der Waals surface area (Å²) in [5.74, 6) is 1.55. The molecule has 0 bridgehead atoms. The minimum Gasteiger partial charge on any atom is -0.355 e. The van der Waals surface area contributed by atoms with Crippen LogP contribution in [0.5, 0.6) is 0 Å². The third-order valence-corrected chi connectivity index (χ3v) is 5.19. The largest absolute Gasteiger partial charge is 0.355 e. The van der Waals surface area contributed by atoms with Gasteiger partial charge in [0.1, 0.15) is 10.7 Å². The third-order valence-electron chi connectivity index (χ3n) is 4.07. The molecule has 0 unspecified atom stereocenters. The lowest BCUT2D eigenvalue weighted by Gasteiger charge is -2.22. The first-order chi connectivity index (χ1) is 9.34. The summed E-state index contributed by atoms with van der Waals surface area (Å²) < 4.78 is 23.4. The molecule has 2 atom stereocenters. The van der Waals surface area contributed by atoms with Crippen LogP contribution in [0.2, 0.25) is 5.02 Å². The molecule has 2 N–H and O–H groups in total. The molecule has 0 aromatic carbocycles. The number of anilines is 1. The fourth-order valence-corrected chi connectivity index (χ4v) is 4.21. The first-order valence-corrected chi connectivity index (χ1v) is 8.39. The van der Waals surface area contributed by atoms with E-state index in [2.05, 4.69) is 16.9 Å². The zero-order valence-electron chi connectivity index (χ0n) is 11.2. The van der Waals surface area contributed by atoms with Crippen LogP contribution in [0.25, 0.3) is 0 Å². The molecule has 2 saturated heterocycles. The van der Waals surface area contributed by atoms with Gasteiger partial charge in [-0.3, -0.25) is 0 Å². The Morgan fingerprint density at radius 1 is 1.30 bits per heavy atom. The summed E-state index contributed by atoms with van der Waals surface area (Å²) in [6, 6.07) is 1.37. The van der Waals surface area contributed by atoms with Crippen LogP contribution in [0.15, 0.2) is 17.2 Å². The van der Waals surface area contributed by atoms with Gasteiger partial charge in [0.05, 0.1) is 5.02 Å². The average molecular weight is 317 g/mol. The second-order valence-corrected chi connectivity index (χ2v) is 7.63. The minimum absolute atomic E-state index is 0.0123. The summed E-state index contributed by atoms with van der Waals surface area (Å²) >= 11 is 5.84. The molecular formula is C12H17ClN4O2S. The smallest absolute Gasteiger partial charge is 0.241 e. The van der Waals surface area contributed by atoms with E-state index >= 15 is 0 Å². The van der Waals surface area contributed by atoms with E-state index in [1.165, 1.54) is 12.3 Å². The number of primary sulfonamides is 1. The van der Waals surface area contributed by atoms with E-state index in [-0.39, 0.29) is 9.92 Å². The Kier molecular flexibility index (Phi) is 3.40. The lowest BCUT2D eigenvalue weighted by atomic mass is 10.0. The van der Waals surface area contributed by atoms with Crippen molar-refractivity contribution in [2.24, 2.45) is 17.0 Å². The number of sulfonamides is 1. The standard InChI is InChI=1S/C12H17ClN4O2S/c1-16-4-8-6-17(7-9(8)5-16)12-11(20(14,18)19)2-10(13)3-15-12/h2-3,8-9H,4-7H2,1H3,(H2,14,18,19)/t8-,9+. The number of hydrogen-bond acceptors (Lipinski definition) is 5. The number of fused-ring (bicyclic) bond motifs is 1. The summed E-state index contributed by atoms with van der Waals surface area (Å²) in [6.45, 7) is 3.71. The summed E-state index contributed by atoms with van der Waals surface area (Å²) in [5.41, 5.74) is 0. The summed E-state index contributed by atoms with van der Waals surface area (Å²) in [6.07, 6.45) is 1.46. The molecular weight excluding hydrogens is 300 g/mol. The van der Waals surface area contributed by atoms with E-state index in [1.807, 2.05) is 4.90 Å². The molecule has 3 rings (SSSR count). The Labute approximate surface area is 123 Å². The highest BCUT2D eigenvalue weighted by molar-refractivity contribution is 7.89. The maximum absolute atomic E-state index is 11.7. The molecule has 2 fully saturated rings. The highest BCUT2D eigenvalue weighted by atomic mass is 35.5. The number of nitrogens with two attached hydrogens (primary N) is 1. The van der Waals surface area contributed by atoms with Gasteiger partial charge in [-0.2, -0.15) is 0 Å². The van der Waals surface area contributed by atoms with Crippen molar-refractivity contribution < 1.29 is 8.42 Å². The molecule has 0 spiro atoms. The molecule has 1 aromatic rings. The van der Waals surface area contributed by atoms with Gasteiger partial charge in [0.15, 0.2) is 0 Å². The van der Waals surface area contributed by atoms with E-state index in [0.29, 0.717) is 17.7 Å². The molecule has 2 aliphatic heterocycles. The van der Waals surface area contributed by atoms with Crippen molar-refractivity contribution in [3.05, 3.63) is 17.3 Å². The predicted molar refractivity (Wildman–Crippen MR) is 77.3 cm³/mol. The molecule has 8 heteroatoms. The van der Waals surface area contributed by atoms with Crippen LogP contribution in [-0.2, 0) is 10.0 Å². The minimum atomic E-state index is -3.83. The molecule has 0 aliphatic carbocycles. The maximum atomic E-state index is 11.7. The molecule has 6 nitrogen and oxygen atoms in total.